The summed E-state index contributed by atoms with van der Waals surface area (Å²) >= 11 is 1.49. The maximum atomic E-state index is 12.5. The van der Waals surface area contributed by atoms with Crippen molar-refractivity contribution >= 4 is 22.9 Å². The maximum Gasteiger partial charge on any atom is 0.255 e. The predicted octanol–water partition coefficient (Wildman–Crippen LogP) is 3.68. The number of benzene rings is 1. The summed E-state index contributed by atoms with van der Waals surface area (Å²) in [6.45, 7) is 3.65. The third-order valence-corrected chi connectivity index (χ3v) is 4.61. The van der Waals surface area contributed by atoms with E-state index in [0.29, 0.717) is 34.5 Å². The SMILES string of the molecule is COc1ccc(C(=O)Nc2cc(-c3noc(C)n3)sc2C)cc1OC. The Hall–Kier alpha value is -2.87. The van der Waals surface area contributed by atoms with Crippen molar-refractivity contribution in [1.82, 2.24) is 10.1 Å². The highest BCUT2D eigenvalue weighted by Crippen LogP contribution is 2.33. The molecule has 1 N–H and O–H groups in total. The summed E-state index contributed by atoms with van der Waals surface area (Å²) in [6.07, 6.45) is 0. The molecule has 2 aromatic heterocycles. The van der Waals surface area contributed by atoms with Crippen LogP contribution in [0.25, 0.3) is 10.7 Å². The zero-order valence-electron chi connectivity index (χ0n) is 14.2. The molecule has 0 spiro atoms. The van der Waals surface area contributed by atoms with Crippen LogP contribution in [0.5, 0.6) is 11.5 Å². The maximum absolute atomic E-state index is 12.5. The number of methoxy groups -OCH3 is 2. The fraction of sp³-hybridized carbons (Fsp3) is 0.235. The van der Waals surface area contributed by atoms with E-state index in [4.69, 9.17) is 14.0 Å². The lowest BCUT2D eigenvalue weighted by atomic mass is 10.2. The van der Waals surface area contributed by atoms with Crippen LogP contribution in [-0.2, 0) is 0 Å². The number of ether oxygens (including phenoxy) is 2. The molecule has 0 atom stereocenters. The third-order valence-electron chi connectivity index (χ3n) is 3.56. The van der Waals surface area contributed by atoms with Crippen molar-refractivity contribution in [3.63, 3.8) is 0 Å². The van der Waals surface area contributed by atoms with E-state index in [1.165, 1.54) is 18.4 Å². The van der Waals surface area contributed by atoms with Gasteiger partial charge >= 0.3 is 0 Å². The van der Waals surface area contributed by atoms with Crippen LogP contribution in [0.1, 0.15) is 21.1 Å². The minimum atomic E-state index is -0.238. The van der Waals surface area contributed by atoms with Gasteiger partial charge in [-0.1, -0.05) is 5.16 Å². The quantitative estimate of drug-likeness (QED) is 0.748. The lowest BCUT2D eigenvalue weighted by Gasteiger charge is -2.09. The third kappa shape index (κ3) is 3.48. The van der Waals surface area contributed by atoms with E-state index in [2.05, 4.69) is 15.5 Å². The molecule has 0 aliphatic carbocycles. The van der Waals surface area contributed by atoms with Gasteiger partial charge in [-0.05, 0) is 31.2 Å². The minimum Gasteiger partial charge on any atom is -0.493 e. The highest BCUT2D eigenvalue weighted by molar-refractivity contribution is 7.16. The number of nitrogens with zero attached hydrogens (tertiary/aromatic N) is 2. The number of hydrogen-bond donors (Lipinski definition) is 1. The molecule has 1 amide bonds. The van der Waals surface area contributed by atoms with Gasteiger partial charge in [0.15, 0.2) is 11.5 Å². The molecule has 0 saturated heterocycles. The Morgan fingerprint density at radius 1 is 1.16 bits per heavy atom. The highest BCUT2D eigenvalue weighted by atomic mass is 32.1. The Morgan fingerprint density at radius 2 is 1.92 bits per heavy atom. The number of amides is 1. The van der Waals surface area contributed by atoms with Crippen LogP contribution in [0.2, 0.25) is 0 Å². The van der Waals surface area contributed by atoms with E-state index in [-0.39, 0.29) is 5.91 Å². The largest absolute Gasteiger partial charge is 0.493 e. The van der Waals surface area contributed by atoms with E-state index in [1.54, 1.807) is 32.2 Å². The summed E-state index contributed by atoms with van der Waals surface area (Å²) in [4.78, 5) is 18.5. The number of thiophene rings is 1. The molecule has 130 valence electrons. The van der Waals surface area contributed by atoms with Gasteiger partial charge in [-0.2, -0.15) is 4.98 Å². The molecule has 0 fully saturated rings. The van der Waals surface area contributed by atoms with E-state index >= 15 is 0 Å². The standard InChI is InChI=1S/C17H17N3O4S/c1-9-12(8-15(25-9)16-18-10(2)24-20-16)19-17(21)11-5-6-13(22-3)14(7-11)23-4/h5-8H,1-4H3,(H,19,21). The van der Waals surface area contributed by atoms with Crippen molar-refractivity contribution in [3.05, 3.63) is 40.6 Å². The molecule has 0 saturated carbocycles. The molecular formula is C17H17N3O4S. The first-order valence-electron chi connectivity index (χ1n) is 7.46. The summed E-state index contributed by atoms with van der Waals surface area (Å²) in [5.74, 6) is 1.84. The molecule has 8 heteroatoms. The summed E-state index contributed by atoms with van der Waals surface area (Å²) in [5, 5.41) is 6.80. The van der Waals surface area contributed by atoms with Gasteiger partial charge in [-0.15, -0.1) is 11.3 Å². The Labute approximate surface area is 148 Å². The number of hydrogen-bond acceptors (Lipinski definition) is 7. The van der Waals surface area contributed by atoms with Gasteiger partial charge in [0, 0.05) is 17.4 Å². The monoisotopic (exact) mass is 359 g/mol. The highest BCUT2D eigenvalue weighted by Gasteiger charge is 2.16. The van der Waals surface area contributed by atoms with Crippen molar-refractivity contribution < 1.29 is 18.8 Å². The van der Waals surface area contributed by atoms with E-state index < -0.39 is 0 Å². The van der Waals surface area contributed by atoms with E-state index in [1.807, 2.05) is 13.0 Å². The average Bonchev–Trinajstić information content (AvgIpc) is 3.20. The molecule has 25 heavy (non-hydrogen) atoms. The Bertz CT molecular complexity index is 917. The Balaban J connectivity index is 1.83. The molecule has 1 aromatic carbocycles. The summed E-state index contributed by atoms with van der Waals surface area (Å²) < 4.78 is 15.4. The summed E-state index contributed by atoms with van der Waals surface area (Å²) in [6, 6.07) is 6.85. The fourth-order valence-corrected chi connectivity index (χ4v) is 3.19. The van der Waals surface area contributed by atoms with Gasteiger partial charge in [0.05, 0.1) is 24.8 Å². The normalized spacial score (nSPS) is 10.6. The van der Waals surface area contributed by atoms with Crippen LogP contribution < -0.4 is 14.8 Å². The van der Waals surface area contributed by atoms with Crippen LogP contribution >= 0.6 is 11.3 Å². The van der Waals surface area contributed by atoms with Gasteiger partial charge < -0.3 is 19.3 Å². The molecule has 0 aliphatic rings. The molecular weight excluding hydrogens is 342 g/mol. The minimum absolute atomic E-state index is 0.238. The smallest absolute Gasteiger partial charge is 0.255 e. The molecule has 7 nitrogen and oxygen atoms in total. The second kappa shape index (κ2) is 6.94. The summed E-state index contributed by atoms with van der Waals surface area (Å²) in [5.41, 5.74) is 1.18. The Kier molecular flexibility index (Phi) is 4.71. The summed E-state index contributed by atoms with van der Waals surface area (Å²) in [7, 11) is 3.08. The molecule has 0 unspecified atom stereocenters. The number of rotatable bonds is 5. The zero-order valence-corrected chi connectivity index (χ0v) is 15.1. The first kappa shape index (κ1) is 17.0. The molecule has 2 heterocycles. The van der Waals surface area contributed by atoms with Gasteiger partial charge in [0.25, 0.3) is 5.91 Å². The Morgan fingerprint density at radius 3 is 2.56 bits per heavy atom. The zero-order chi connectivity index (χ0) is 18.0. The van der Waals surface area contributed by atoms with Gasteiger partial charge in [0.2, 0.25) is 11.7 Å². The van der Waals surface area contributed by atoms with Crippen molar-refractivity contribution in [1.29, 1.82) is 0 Å². The number of nitrogens with one attached hydrogen (secondary N) is 1. The van der Waals surface area contributed by atoms with Crippen LogP contribution in [0.15, 0.2) is 28.8 Å². The molecule has 0 radical (unpaired) electrons. The van der Waals surface area contributed by atoms with Crippen molar-refractivity contribution in [3.8, 4) is 22.2 Å². The number of carbonyl (C=O) groups excluding carboxylic acids is 1. The molecule has 0 aliphatic heterocycles. The first-order chi connectivity index (χ1) is 12.0. The number of aromatic nitrogens is 2. The van der Waals surface area contributed by atoms with Gasteiger partial charge in [-0.25, -0.2) is 0 Å². The van der Waals surface area contributed by atoms with Crippen molar-refractivity contribution in [2.45, 2.75) is 13.8 Å². The molecule has 3 rings (SSSR count). The first-order valence-corrected chi connectivity index (χ1v) is 8.28. The molecule has 0 bridgehead atoms. The van der Waals surface area contributed by atoms with E-state index in [9.17, 15) is 4.79 Å². The fourth-order valence-electron chi connectivity index (χ4n) is 2.29. The molecule has 3 aromatic rings. The average molecular weight is 359 g/mol. The van der Waals surface area contributed by atoms with E-state index in [0.717, 1.165) is 9.75 Å². The lowest BCUT2D eigenvalue weighted by molar-refractivity contribution is 0.102. The second-order valence-electron chi connectivity index (χ2n) is 5.24. The number of carbonyl (C=O) groups is 1. The van der Waals surface area contributed by atoms with Crippen LogP contribution in [0.3, 0.4) is 0 Å². The van der Waals surface area contributed by atoms with Crippen LogP contribution in [-0.4, -0.2) is 30.3 Å². The lowest BCUT2D eigenvalue weighted by Crippen LogP contribution is -2.12. The van der Waals surface area contributed by atoms with Crippen molar-refractivity contribution in [2.75, 3.05) is 19.5 Å². The van der Waals surface area contributed by atoms with Gasteiger partial charge in [-0.3, -0.25) is 4.79 Å². The van der Waals surface area contributed by atoms with Crippen molar-refractivity contribution in [2.24, 2.45) is 0 Å². The predicted molar refractivity (Wildman–Crippen MR) is 94.6 cm³/mol. The number of aryl methyl sites for hydroxylation is 2. The van der Waals surface area contributed by atoms with Gasteiger partial charge in [0.1, 0.15) is 0 Å². The van der Waals surface area contributed by atoms with Crippen LogP contribution in [0, 0.1) is 13.8 Å². The second-order valence-corrected chi connectivity index (χ2v) is 6.50. The van der Waals surface area contributed by atoms with Crippen LogP contribution in [0.4, 0.5) is 5.69 Å². The topological polar surface area (TPSA) is 86.5 Å². The number of anilines is 1.